The summed E-state index contributed by atoms with van der Waals surface area (Å²) in [4.78, 5) is 23.0. The fourth-order valence-corrected chi connectivity index (χ4v) is 2.62. The smallest absolute Gasteiger partial charge is 0.243 e. The first-order chi connectivity index (χ1) is 5.74. The molecule has 0 unspecified atom stereocenters. The number of thioether (sulfide) groups is 1. The number of β-lactam (4-membered cyclic amide) rings is 1. The average molecular weight is 184 g/mol. The molecule has 64 valence electrons. The summed E-state index contributed by atoms with van der Waals surface area (Å²) >= 11 is 1.54. The molecule has 0 aromatic carbocycles. The molecule has 2 heterocycles. The van der Waals surface area contributed by atoms with E-state index in [9.17, 15) is 9.59 Å². The largest absolute Gasteiger partial charge is 0.322 e. The van der Waals surface area contributed by atoms with Crippen LogP contribution in [0.2, 0.25) is 0 Å². The van der Waals surface area contributed by atoms with Crippen LogP contribution in [-0.4, -0.2) is 40.5 Å². The van der Waals surface area contributed by atoms with Crippen molar-refractivity contribution in [2.45, 2.75) is 11.4 Å². The van der Waals surface area contributed by atoms with E-state index in [0.717, 1.165) is 0 Å². The Morgan fingerprint density at radius 3 is 3.08 bits per heavy atom. The number of amides is 1. The molecule has 0 aliphatic carbocycles. The Hall–Kier alpha value is -0.770. The zero-order valence-electron chi connectivity index (χ0n) is 6.32. The van der Waals surface area contributed by atoms with Crippen molar-refractivity contribution in [2.24, 2.45) is 5.73 Å². The number of carbonyl (C=O) groups excluding carboxylic acids is 2. The third-order valence-corrected chi connectivity index (χ3v) is 3.52. The number of fused-ring (bicyclic) bond motifs is 1. The second-order valence-corrected chi connectivity index (χ2v) is 4.00. The first-order valence-corrected chi connectivity index (χ1v) is 4.69. The maximum atomic E-state index is 11.1. The molecule has 2 aliphatic rings. The van der Waals surface area contributed by atoms with Crippen LogP contribution in [0.3, 0.4) is 0 Å². The molecule has 2 atom stereocenters. The van der Waals surface area contributed by atoms with Gasteiger partial charge in [0.15, 0.2) is 0 Å². The van der Waals surface area contributed by atoms with Gasteiger partial charge in [0.05, 0.1) is 6.54 Å². The Labute approximate surface area is 73.8 Å². The van der Waals surface area contributed by atoms with E-state index >= 15 is 0 Å². The van der Waals surface area contributed by atoms with Crippen LogP contribution in [0.4, 0.5) is 0 Å². The highest BCUT2D eigenvalue weighted by Gasteiger charge is 2.47. The molecule has 0 radical (unpaired) electrons. The van der Waals surface area contributed by atoms with Crippen LogP contribution in [0, 0.1) is 0 Å². The van der Waals surface area contributed by atoms with Crippen LogP contribution in [0.15, 0.2) is 5.57 Å². The van der Waals surface area contributed by atoms with Crippen molar-refractivity contribution < 1.29 is 9.59 Å². The van der Waals surface area contributed by atoms with Gasteiger partial charge in [-0.05, 0) is 0 Å². The SMILES string of the molecule is N[C@H]1C(=O)N2CC(=C=O)CS[C@H]12. The van der Waals surface area contributed by atoms with Crippen molar-refractivity contribution in [3.63, 3.8) is 0 Å². The van der Waals surface area contributed by atoms with Crippen molar-refractivity contribution in [3.8, 4) is 0 Å². The van der Waals surface area contributed by atoms with E-state index in [1.165, 1.54) is 11.8 Å². The van der Waals surface area contributed by atoms with Crippen LogP contribution in [0.25, 0.3) is 0 Å². The lowest BCUT2D eigenvalue weighted by Gasteiger charge is -2.47. The summed E-state index contributed by atoms with van der Waals surface area (Å²) in [6, 6.07) is -0.358. The van der Waals surface area contributed by atoms with Crippen LogP contribution in [0.1, 0.15) is 0 Å². The topological polar surface area (TPSA) is 63.4 Å². The molecule has 4 nitrogen and oxygen atoms in total. The molecular formula is C7H8N2O2S. The Balaban J connectivity index is 2.13. The summed E-state index contributed by atoms with van der Waals surface area (Å²) in [7, 11) is 0. The molecule has 5 heteroatoms. The number of nitrogens with zero attached hydrogens (tertiary/aromatic N) is 1. The lowest BCUT2D eigenvalue weighted by atomic mass is 10.1. The highest BCUT2D eigenvalue weighted by Crippen LogP contribution is 2.34. The van der Waals surface area contributed by atoms with E-state index in [1.54, 1.807) is 4.90 Å². The van der Waals surface area contributed by atoms with Gasteiger partial charge in [-0.25, -0.2) is 4.79 Å². The molecule has 0 spiro atoms. The molecule has 2 aliphatic heterocycles. The van der Waals surface area contributed by atoms with Gasteiger partial charge < -0.3 is 10.6 Å². The average Bonchev–Trinajstić information content (AvgIpc) is 2.15. The Morgan fingerprint density at radius 1 is 1.67 bits per heavy atom. The zero-order chi connectivity index (χ0) is 8.72. The van der Waals surface area contributed by atoms with Crippen molar-refractivity contribution in [3.05, 3.63) is 5.57 Å². The number of hydrogen-bond acceptors (Lipinski definition) is 4. The molecule has 2 saturated heterocycles. The predicted octanol–water partition coefficient (Wildman–Crippen LogP) is -1.01. The van der Waals surface area contributed by atoms with Gasteiger partial charge in [-0.2, -0.15) is 0 Å². The van der Waals surface area contributed by atoms with Crippen molar-refractivity contribution in [2.75, 3.05) is 12.3 Å². The monoisotopic (exact) mass is 184 g/mol. The predicted molar refractivity (Wildman–Crippen MR) is 45.1 cm³/mol. The van der Waals surface area contributed by atoms with E-state index in [4.69, 9.17) is 5.73 Å². The van der Waals surface area contributed by atoms with Crippen LogP contribution in [0.5, 0.6) is 0 Å². The number of nitrogens with two attached hydrogens (primary N) is 1. The van der Waals surface area contributed by atoms with Crippen molar-refractivity contribution in [1.82, 2.24) is 4.90 Å². The minimum absolute atomic E-state index is 0.0556. The lowest BCUT2D eigenvalue weighted by molar-refractivity contribution is -0.143. The second-order valence-electron chi connectivity index (χ2n) is 2.90. The minimum atomic E-state index is -0.358. The number of rotatable bonds is 0. The first kappa shape index (κ1) is 7.86. The normalized spacial score (nSPS) is 33.9. The van der Waals surface area contributed by atoms with Gasteiger partial charge in [0.1, 0.15) is 17.4 Å². The van der Waals surface area contributed by atoms with Gasteiger partial charge >= 0.3 is 0 Å². The summed E-state index contributed by atoms with van der Waals surface area (Å²) in [6.07, 6.45) is 0. The van der Waals surface area contributed by atoms with Gasteiger partial charge in [-0.15, -0.1) is 11.8 Å². The van der Waals surface area contributed by atoms with E-state index in [2.05, 4.69) is 0 Å². The van der Waals surface area contributed by atoms with Crippen LogP contribution >= 0.6 is 11.8 Å². The zero-order valence-corrected chi connectivity index (χ0v) is 7.13. The summed E-state index contributed by atoms with van der Waals surface area (Å²) in [6.45, 7) is 0.424. The molecule has 0 aromatic rings. The maximum absolute atomic E-state index is 11.1. The quantitative estimate of drug-likeness (QED) is 0.387. The molecule has 2 fully saturated rings. The van der Waals surface area contributed by atoms with E-state index in [-0.39, 0.29) is 17.3 Å². The first-order valence-electron chi connectivity index (χ1n) is 3.64. The Morgan fingerprint density at radius 2 is 2.42 bits per heavy atom. The highest BCUT2D eigenvalue weighted by molar-refractivity contribution is 8.00. The summed E-state index contributed by atoms with van der Waals surface area (Å²) in [5.41, 5.74) is 6.19. The van der Waals surface area contributed by atoms with Crippen LogP contribution < -0.4 is 5.73 Å². The minimum Gasteiger partial charge on any atom is -0.322 e. The molecule has 0 bridgehead atoms. The van der Waals surface area contributed by atoms with Gasteiger partial charge in [0.25, 0.3) is 0 Å². The van der Waals surface area contributed by atoms with Gasteiger partial charge in [0.2, 0.25) is 5.91 Å². The second kappa shape index (κ2) is 2.62. The fraction of sp³-hybridized carbons (Fsp3) is 0.571. The summed E-state index contributed by atoms with van der Waals surface area (Å²) in [5, 5.41) is 0.0922. The van der Waals surface area contributed by atoms with Gasteiger partial charge in [-0.3, -0.25) is 4.79 Å². The van der Waals surface area contributed by atoms with Gasteiger partial charge in [0, 0.05) is 11.3 Å². The molecular weight excluding hydrogens is 176 g/mol. The molecule has 12 heavy (non-hydrogen) atoms. The third kappa shape index (κ3) is 0.909. The van der Waals surface area contributed by atoms with Crippen LogP contribution in [-0.2, 0) is 9.59 Å². The number of hydrogen-bond donors (Lipinski definition) is 1. The molecule has 2 N–H and O–H groups in total. The Kier molecular flexibility index (Phi) is 1.72. The third-order valence-electron chi connectivity index (χ3n) is 2.12. The molecule has 2 rings (SSSR count). The van der Waals surface area contributed by atoms with Crippen molar-refractivity contribution in [1.29, 1.82) is 0 Å². The Bertz CT molecular complexity index is 285. The maximum Gasteiger partial charge on any atom is 0.243 e. The highest BCUT2D eigenvalue weighted by atomic mass is 32.2. The molecule has 0 saturated carbocycles. The van der Waals surface area contributed by atoms with Gasteiger partial charge in [-0.1, -0.05) is 0 Å². The van der Waals surface area contributed by atoms with E-state index in [0.29, 0.717) is 17.9 Å². The summed E-state index contributed by atoms with van der Waals surface area (Å²) in [5.74, 6) is 2.44. The van der Waals surface area contributed by atoms with E-state index < -0.39 is 0 Å². The van der Waals surface area contributed by atoms with E-state index in [1.807, 2.05) is 5.94 Å². The lowest BCUT2D eigenvalue weighted by Crippen LogP contribution is -2.68. The standard InChI is InChI=1S/C7H8N2O2S/c8-5-6(11)9-1-4(2-10)3-12-7(5)9/h5,7H,1,3,8H2/t5-,7+/m0/s1. The number of carbonyl (C=O) groups is 1. The summed E-state index contributed by atoms with van der Waals surface area (Å²) < 4.78 is 0. The molecule has 0 aromatic heterocycles. The molecule has 1 amide bonds. The van der Waals surface area contributed by atoms with Crippen molar-refractivity contribution >= 4 is 23.6 Å². The fourth-order valence-electron chi connectivity index (χ4n) is 1.41.